The van der Waals surface area contributed by atoms with Gasteiger partial charge in [0, 0.05) is 5.69 Å². The molecule has 11 heteroatoms. The molecule has 0 atom stereocenters. The molecule has 0 radical (unpaired) electrons. The zero-order valence-corrected chi connectivity index (χ0v) is 21.7. The predicted octanol–water partition coefficient (Wildman–Crippen LogP) is 4.99. The van der Waals surface area contributed by atoms with Crippen molar-refractivity contribution in [3.63, 3.8) is 0 Å². The molecule has 2 aromatic carbocycles. The molecule has 36 heavy (non-hydrogen) atoms. The van der Waals surface area contributed by atoms with Gasteiger partial charge in [0.2, 0.25) is 5.91 Å². The van der Waals surface area contributed by atoms with E-state index >= 15 is 0 Å². The Morgan fingerprint density at radius 1 is 1.14 bits per heavy atom. The van der Waals surface area contributed by atoms with Crippen molar-refractivity contribution in [1.29, 1.82) is 0 Å². The van der Waals surface area contributed by atoms with Gasteiger partial charge >= 0.3 is 5.97 Å². The van der Waals surface area contributed by atoms with Gasteiger partial charge in [0.15, 0.2) is 11.5 Å². The maximum Gasteiger partial charge on any atom is 0.339 e. The molecule has 0 spiro atoms. The topological polar surface area (TPSA) is 111 Å². The average molecular weight is 533 g/mol. The molecule has 1 fully saturated rings. The van der Waals surface area contributed by atoms with E-state index in [-0.39, 0.29) is 27.3 Å². The minimum atomic E-state index is -0.663. The number of esters is 1. The van der Waals surface area contributed by atoms with Gasteiger partial charge in [-0.1, -0.05) is 17.7 Å². The van der Waals surface area contributed by atoms with Crippen molar-refractivity contribution in [2.24, 2.45) is 0 Å². The second kappa shape index (κ2) is 12.0. The number of anilines is 1. The van der Waals surface area contributed by atoms with Gasteiger partial charge < -0.3 is 19.5 Å². The van der Waals surface area contributed by atoms with E-state index in [1.807, 2.05) is 20.8 Å². The summed E-state index contributed by atoms with van der Waals surface area (Å²) in [4.78, 5) is 50.7. The number of carbonyl (C=O) groups excluding carboxylic acids is 4. The number of halogens is 1. The number of imide groups is 1. The number of carbonyl (C=O) groups is 4. The van der Waals surface area contributed by atoms with Crippen molar-refractivity contribution in [3.8, 4) is 11.5 Å². The number of nitrogens with one attached hydrogen (secondary N) is 1. The standard InChI is InChI=1S/C25H25ClN2O7S/c1-5-34-20-10-15(6-9-19(20)35-14(2)3)11-21-23(30)28(25(32)36-21)13-22(29)27-16-7-8-18(26)17(12-16)24(31)33-4/h6-12,14H,5,13H2,1-4H3,(H,27,29)/b21-11+. The normalized spacial score (nSPS) is 14.4. The Hall–Kier alpha value is -3.50. The van der Waals surface area contributed by atoms with Crippen LogP contribution in [0.2, 0.25) is 5.02 Å². The largest absolute Gasteiger partial charge is 0.490 e. The molecule has 0 aliphatic carbocycles. The van der Waals surface area contributed by atoms with E-state index in [2.05, 4.69) is 10.1 Å². The third-order valence-corrected chi connectivity index (χ3v) is 6.00. The second-order valence-corrected chi connectivity index (χ2v) is 9.21. The third-order valence-electron chi connectivity index (χ3n) is 4.76. The molecule has 1 N–H and O–H groups in total. The summed E-state index contributed by atoms with van der Waals surface area (Å²) in [6.45, 7) is 5.59. The smallest absolute Gasteiger partial charge is 0.339 e. The fraction of sp³-hybridized carbons (Fsp3) is 0.280. The highest BCUT2D eigenvalue weighted by Gasteiger charge is 2.36. The summed E-state index contributed by atoms with van der Waals surface area (Å²) in [6, 6.07) is 9.48. The zero-order valence-electron chi connectivity index (χ0n) is 20.1. The van der Waals surface area contributed by atoms with E-state index in [0.717, 1.165) is 16.7 Å². The summed E-state index contributed by atoms with van der Waals surface area (Å²) in [7, 11) is 1.21. The van der Waals surface area contributed by atoms with Crippen LogP contribution in [0.4, 0.5) is 10.5 Å². The number of ether oxygens (including phenoxy) is 3. The van der Waals surface area contributed by atoms with Crippen molar-refractivity contribution >= 4 is 58.1 Å². The summed E-state index contributed by atoms with van der Waals surface area (Å²) < 4.78 is 16.1. The van der Waals surface area contributed by atoms with Crippen molar-refractivity contribution in [2.75, 3.05) is 25.6 Å². The van der Waals surface area contributed by atoms with E-state index < -0.39 is 29.6 Å². The lowest BCUT2D eigenvalue weighted by molar-refractivity contribution is -0.127. The van der Waals surface area contributed by atoms with Crippen LogP contribution in [0.25, 0.3) is 6.08 Å². The zero-order chi connectivity index (χ0) is 26.4. The van der Waals surface area contributed by atoms with E-state index in [9.17, 15) is 19.2 Å². The molecule has 2 aromatic rings. The van der Waals surface area contributed by atoms with Crippen LogP contribution >= 0.6 is 23.4 Å². The van der Waals surface area contributed by atoms with Crippen molar-refractivity contribution in [1.82, 2.24) is 4.90 Å². The average Bonchev–Trinajstić information content (AvgIpc) is 3.08. The van der Waals surface area contributed by atoms with Gasteiger partial charge in [-0.3, -0.25) is 19.3 Å². The van der Waals surface area contributed by atoms with Gasteiger partial charge in [-0.25, -0.2) is 4.79 Å². The molecule has 0 aromatic heterocycles. The molecular formula is C25H25ClN2O7S. The first kappa shape index (κ1) is 27.1. The fourth-order valence-corrected chi connectivity index (χ4v) is 4.27. The Balaban J connectivity index is 1.73. The van der Waals surface area contributed by atoms with E-state index in [0.29, 0.717) is 23.7 Å². The number of amides is 3. The maximum absolute atomic E-state index is 12.9. The summed E-state index contributed by atoms with van der Waals surface area (Å²) >= 11 is 6.73. The molecule has 3 amide bonds. The van der Waals surface area contributed by atoms with Crippen molar-refractivity contribution in [3.05, 3.63) is 57.5 Å². The molecular weight excluding hydrogens is 508 g/mol. The molecule has 0 saturated carbocycles. The first-order valence-electron chi connectivity index (χ1n) is 11.0. The molecule has 0 bridgehead atoms. The first-order valence-corrected chi connectivity index (χ1v) is 12.2. The Kier molecular flexibility index (Phi) is 9.00. The summed E-state index contributed by atoms with van der Waals surface area (Å²) in [5.74, 6) is -0.778. The number of benzene rings is 2. The minimum absolute atomic E-state index is 0.0439. The molecule has 190 valence electrons. The van der Waals surface area contributed by atoms with E-state index in [4.69, 9.17) is 21.1 Å². The predicted molar refractivity (Wildman–Crippen MR) is 137 cm³/mol. The first-order chi connectivity index (χ1) is 17.1. The number of hydrogen-bond donors (Lipinski definition) is 1. The van der Waals surface area contributed by atoms with Crippen LogP contribution in [0.15, 0.2) is 41.3 Å². The van der Waals surface area contributed by atoms with Crippen LogP contribution in [0.3, 0.4) is 0 Å². The molecule has 1 aliphatic rings. The highest BCUT2D eigenvalue weighted by atomic mass is 35.5. The van der Waals surface area contributed by atoms with Crippen molar-refractivity contribution < 1.29 is 33.4 Å². The monoisotopic (exact) mass is 532 g/mol. The Morgan fingerprint density at radius 2 is 1.89 bits per heavy atom. The molecule has 1 heterocycles. The van der Waals surface area contributed by atoms with Gasteiger partial charge in [-0.15, -0.1) is 0 Å². The number of methoxy groups -OCH3 is 1. The van der Waals surface area contributed by atoms with Crippen LogP contribution in [-0.2, 0) is 14.3 Å². The highest BCUT2D eigenvalue weighted by molar-refractivity contribution is 8.18. The number of hydrogen-bond acceptors (Lipinski definition) is 8. The van der Waals surface area contributed by atoms with E-state index in [1.54, 1.807) is 24.3 Å². The van der Waals surface area contributed by atoms with Gasteiger partial charge in [0.05, 0.1) is 35.3 Å². The van der Waals surface area contributed by atoms with E-state index in [1.165, 1.54) is 25.3 Å². The summed E-state index contributed by atoms with van der Waals surface area (Å²) in [5, 5.41) is 2.14. The minimum Gasteiger partial charge on any atom is -0.490 e. The van der Waals surface area contributed by atoms with Crippen molar-refractivity contribution in [2.45, 2.75) is 26.9 Å². The Bertz CT molecular complexity index is 1230. The molecule has 3 rings (SSSR count). The number of thioether (sulfide) groups is 1. The molecule has 1 saturated heterocycles. The second-order valence-electron chi connectivity index (χ2n) is 7.81. The van der Waals surface area contributed by atoms with Crippen LogP contribution in [0.5, 0.6) is 11.5 Å². The van der Waals surface area contributed by atoms with Crippen LogP contribution in [-0.4, -0.2) is 54.3 Å². The molecule has 9 nitrogen and oxygen atoms in total. The van der Waals surface area contributed by atoms with Crippen LogP contribution in [0.1, 0.15) is 36.7 Å². The quantitative estimate of drug-likeness (QED) is 0.355. The third kappa shape index (κ3) is 6.58. The van der Waals surface area contributed by atoms with Gasteiger partial charge in [-0.2, -0.15) is 0 Å². The SMILES string of the molecule is CCOc1cc(/C=C2/SC(=O)N(CC(=O)Nc3ccc(Cl)c(C(=O)OC)c3)C2=O)ccc1OC(C)C. The highest BCUT2D eigenvalue weighted by Crippen LogP contribution is 2.35. The maximum atomic E-state index is 12.9. The molecule has 1 aliphatic heterocycles. The van der Waals surface area contributed by atoms with Gasteiger partial charge in [0.25, 0.3) is 11.1 Å². The molecule has 0 unspecified atom stereocenters. The number of nitrogens with zero attached hydrogens (tertiary/aromatic N) is 1. The van der Waals surface area contributed by atoms with Crippen LogP contribution < -0.4 is 14.8 Å². The summed E-state index contributed by atoms with van der Waals surface area (Å²) in [6.07, 6.45) is 1.52. The summed E-state index contributed by atoms with van der Waals surface area (Å²) in [5.41, 5.74) is 0.975. The Morgan fingerprint density at radius 3 is 2.56 bits per heavy atom. The van der Waals surface area contributed by atoms with Gasteiger partial charge in [-0.05, 0) is 74.5 Å². The number of rotatable bonds is 9. The lowest BCUT2D eigenvalue weighted by Crippen LogP contribution is -2.36. The Labute approximate surface area is 217 Å². The lowest BCUT2D eigenvalue weighted by Gasteiger charge is -2.15. The van der Waals surface area contributed by atoms with Gasteiger partial charge in [0.1, 0.15) is 6.54 Å². The lowest BCUT2D eigenvalue weighted by atomic mass is 10.1. The fourth-order valence-electron chi connectivity index (χ4n) is 3.24. The van der Waals surface area contributed by atoms with Crippen LogP contribution in [0, 0.1) is 0 Å².